The molecule has 0 radical (unpaired) electrons. The summed E-state index contributed by atoms with van der Waals surface area (Å²) in [6.45, 7) is 4.00. The first-order valence-electron chi connectivity index (χ1n) is 7.74. The van der Waals surface area contributed by atoms with E-state index in [9.17, 15) is 4.79 Å². The van der Waals surface area contributed by atoms with Crippen LogP contribution in [0.2, 0.25) is 5.02 Å². The molecule has 26 heavy (non-hydrogen) atoms. The second-order valence-corrected chi connectivity index (χ2v) is 6.53. The summed E-state index contributed by atoms with van der Waals surface area (Å²) < 4.78 is 10.8. The first-order chi connectivity index (χ1) is 12.6. The van der Waals surface area contributed by atoms with E-state index in [-0.39, 0.29) is 11.7 Å². The van der Waals surface area contributed by atoms with Crippen LogP contribution in [0.4, 0.5) is 0 Å². The van der Waals surface area contributed by atoms with Crippen molar-refractivity contribution in [3.8, 4) is 11.5 Å². The van der Waals surface area contributed by atoms with Crippen LogP contribution in [0.5, 0.6) is 11.5 Å². The van der Waals surface area contributed by atoms with E-state index in [0.29, 0.717) is 23.1 Å². The zero-order valence-corrected chi connectivity index (χ0v) is 15.8. The van der Waals surface area contributed by atoms with Crippen LogP contribution in [0.25, 0.3) is 0 Å². The van der Waals surface area contributed by atoms with Gasteiger partial charge in [0.2, 0.25) is 5.91 Å². The monoisotopic (exact) mass is 390 g/mol. The molecule has 0 heterocycles. The molecule has 0 spiro atoms. The quantitative estimate of drug-likeness (QED) is 0.302. The van der Waals surface area contributed by atoms with Crippen molar-refractivity contribution in [2.24, 2.45) is 5.10 Å². The lowest BCUT2D eigenvalue weighted by Gasteiger charge is -2.09. The van der Waals surface area contributed by atoms with Gasteiger partial charge in [-0.25, -0.2) is 5.43 Å². The lowest BCUT2D eigenvalue weighted by Crippen LogP contribution is -2.19. The molecule has 2 rings (SSSR count). The fourth-order valence-corrected chi connectivity index (χ4v) is 2.74. The highest BCUT2D eigenvalue weighted by Gasteiger charge is 2.05. The molecular formula is C19H19ClN2O3S. The van der Waals surface area contributed by atoms with Crippen molar-refractivity contribution >= 4 is 35.5 Å². The molecule has 0 bridgehead atoms. The number of thioether (sulfide) groups is 1. The molecule has 0 aliphatic rings. The summed E-state index contributed by atoms with van der Waals surface area (Å²) in [6.07, 6.45) is 3.21. The average molecular weight is 391 g/mol. The molecule has 0 saturated carbocycles. The SMILES string of the molecule is C=CCOc1ccc(/C=N/NC(=O)CSc2ccc(Cl)cc2)cc1OC. The first-order valence-corrected chi connectivity index (χ1v) is 9.10. The Morgan fingerprint density at radius 3 is 2.73 bits per heavy atom. The maximum atomic E-state index is 11.8. The number of rotatable bonds is 9. The van der Waals surface area contributed by atoms with Crippen LogP contribution in [0, 0.1) is 0 Å². The fourth-order valence-electron chi connectivity index (χ4n) is 1.92. The van der Waals surface area contributed by atoms with Crippen molar-refractivity contribution in [3.63, 3.8) is 0 Å². The molecule has 0 unspecified atom stereocenters. The zero-order valence-electron chi connectivity index (χ0n) is 14.3. The molecule has 1 amide bonds. The summed E-state index contributed by atoms with van der Waals surface area (Å²) in [5, 5.41) is 4.63. The number of amides is 1. The third kappa shape index (κ3) is 6.46. The number of hydrazone groups is 1. The maximum absolute atomic E-state index is 11.8. The van der Waals surface area contributed by atoms with Gasteiger partial charge in [-0.15, -0.1) is 11.8 Å². The third-order valence-corrected chi connectivity index (χ3v) is 4.39. The van der Waals surface area contributed by atoms with Crippen molar-refractivity contribution in [1.29, 1.82) is 0 Å². The molecule has 5 nitrogen and oxygen atoms in total. The predicted molar refractivity (Wildman–Crippen MR) is 107 cm³/mol. The summed E-state index contributed by atoms with van der Waals surface area (Å²) >= 11 is 7.24. The third-order valence-electron chi connectivity index (χ3n) is 3.13. The van der Waals surface area contributed by atoms with E-state index >= 15 is 0 Å². The molecule has 0 saturated heterocycles. The topological polar surface area (TPSA) is 59.9 Å². The van der Waals surface area contributed by atoms with Gasteiger partial charge in [0.05, 0.1) is 19.1 Å². The first kappa shape index (κ1) is 19.9. The van der Waals surface area contributed by atoms with Crippen LogP contribution < -0.4 is 14.9 Å². The van der Waals surface area contributed by atoms with Crippen molar-refractivity contribution in [1.82, 2.24) is 5.43 Å². The van der Waals surface area contributed by atoms with Gasteiger partial charge in [0.1, 0.15) is 6.61 Å². The average Bonchev–Trinajstić information content (AvgIpc) is 2.66. The van der Waals surface area contributed by atoms with Gasteiger partial charge in [0.15, 0.2) is 11.5 Å². The van der Waals surface area contributed by atoms with Crippen molar-refractivity contribution < 1.29 is 14.3 Å². The van der Waals surface area contributed by atoms with Crippen LogP contribution in [-0.4, -0.2) is 31.6 Å². The van der Waals surface area contributed by atoms with E-state index in [1.54, 1.807) is 43.7 Å². The molecule has 0 fully saturated rings. The summed E-state index contributed by atoms with van der Waals surface area (Å²) in [5.74, 6) is 1.27. The van der Waals surface area contributed by atoms with Crippen molar-refractivity contribution in [3.05, 3.63) is 65.7 Å². The number of benzene rings is 2. The number of ether oxygens (including phenoxy) is 2. The Balaban J connectivity index is 1.85. The number of hydrogen-bond donors (Lipinski definition) is 1. The fraction of sp³-hybridized carbons (Fsp3) is 0.158. The molecule has 0 aromatic heterocycles. The van der Waals surface area contributed by atoms with Gasteiger partial charge >= 0.3 is 0 Å². The highest BCUT2D eigenvalue weighted by molar-refractivity contribution is 8.00. The second kappa shape index (κ2) is 10.5. The molecule has 0 aliphatic carbocycles. The zero-order chi connectivity index (χ0) is 18.8. The lowest BCUT2D eigenvalue weighted by molar-refractivity contribution is -0.118. The predicted octanol–water partition coefficient (Wildman–Crippen LogP) is 4.16. The maximum Gasteiger partial charge on any atom is 0.250 e. The number of hydrogen-bond acceptors (Lipinski definition) is 5. The summed E-state index contributed by atoms with van der Waals surface area (Å²) in [6, 6.07) is 12.7. The molecule has 136 valence electrons. The van der Waals surface area contributed by atoms with Crippen LogP contribution in [0.15, 0.2) is 65.1 Å². The van der Waals surface area contributed by atoms with Gasteiger partial charge in [-0.3, -0.25) is 4.79 Å². The Morgan fingerprint density at radius 2 is 2.04 bits per heavy atom. The Labute approximate surface area is 162 Å². The Hall–Kier alpha value is -2.44. The van der Waals surface area contributed by atoms with E-state index in [2.05, 4.69) is 17.1 Å². The summed E-state index contributed by atoms with van der Waals surface area (Å²) in [7, 11) is 1.56. The smallest absolute Gasteiger partial charge is 0.250 e. The molecular weight excluding hydrogens is 372 g/mol. The lowest BCUT2D eigenvalue weighted by atomic mass is 10.2. The highest BCUT2D eigenvalue weighted by Crippen LogP contribution is 2.27. The van der Waals surface area contributed by atoms with Crippen LogP contribution in [0.3, 0.4) is 0 Å². The number of halogens is 1. The van der Waals surface area contributed by atoms with Gasteiger partial charge in [-0.1, -0.05) is 24.3 Å². The summed E-state index contributed by atoms with van der Waals surface area (Å²) in [5.41, 5.74) is 3.27. The Morgan fingerprint density at radius 1 is 1.27 bits per heavy atom. The molecule has 1 N–H and O–H groups in total. The van der Waals surface area contributed by atoms with Crippen LogP contribution >= 0.6 is 23.4 Å². The standard InChI is InChI=1S/C19H19ClN2O3S/c1-3-10-25-17-9-4-14(11-18(17)24-2)12-21-22-19(23)13-26-16-7-5-15(20)6-8-16/h3-9,11-12H,1,10,13H2,2H3,(H,22,23)/b21-12+. The minimum absolute atomic E-state index is 0.195. The summed E-state index contributed by atoms with van der Waals surface area (Å²) in [4.78, 5) is 12.8. The van der Waals surface area contributed by atoms with E-state index < -0.39 is 0 Å². The Kier molecular flexibility index (Phi) is 8.05. The number of nitrogens with zero attached hydrogens (tertiary/aromatic N) is 1. The molecule has 0 aliphatic heterocycles. The van der Waals surface area contributed by atoms with Gasteiger partial charge < -0.3 is 9.47 Å². The van der Waals surface area contributed by atoms with Crippen molar-refractivity contribution in [2.45, 2.75) is 4.90 Å². The van der Waals surface area contributed by atoms with E-state index in [1.807, 2.05) is 18.2 Å². The van der Waals surface area contributed by atoms with Crippen LogP contribution in [-0.2, 0) is 4.79 Å². The van der Waals surface area contributed by atoms with Gasteiger partial charge in [-0.2, -0.15) is 5.10 Å². The number of nitrogens with one attached hydrogen (secondary N) is 1. The minimum Gasteiger partial charge on any atom is -0.493 e. The Bertz CT molecular complexity index is 779. The van der Waals surface area contributed by atoms with Gasteiger partial charge in [0, 0.05) is 9.92 Å². The molecule has 0 atom stereocenters. The largest absolute Gasteiger partial charge is 0.493 e. The molecule has 2 aromatic rings. The number of carbonyl (C=O) groups is 1. The van der Waals surface area contributed by atoms with Gasteiger partial charge in [0.25, 0.3) is 0 Å². The molecule has 2 aromatic carbocycles. The normalized spacial score (nSPS) is 10.5. The minimum atomic E-state index is -0.195. The second-order valence-electron chi connectivity index (χ2n) is 5.05. The number of methoxy groups -OCH3 is 1. The van der Waals surface area contributed by atoms with Crippen LogP contribution in [0.1, 0.15) is 5.56 Å². The van der Waals surface area contributed by atoms with E-state index in [0.717, 1.165) is 10.5 Å². The number of carbonyl (C=O) groups excluding carboxylic acids is 1. The highest BCUT2D eigenvalue weighted by atomic mass is 35.5. The van der Waals surface area contributed by atoms with E-state index in [4.69, 9.17) is 21.1 Å². The molecule has 7 heteroatoms. The van der Waals surface area contributed by atoms with Crippen molar-refractivity contribution in [2.75, 3.05) is 19.5 Å². The van der Waals surface area contributed by atoms with E-state index in [1.165, 1.54) is 11.8 Å². The van der Waals surface area contributed by atoms with Gasteiger partial charge in [-0.05, 0) is 48.0 Å².